The van der Waals surface area contributed by atoms with E-state index in [4.69, 9.17) is 16.3 Å². The summed E-state index contributed by atoms with van der Waals surface area (Å²) in [5, 5.41) is 4.06. The van der Waals surface area contributed by atoms with Gasteiger partial charge < -0.3 is 10.1 Å². The average molecular weight is 280 g/mol. The van der Waals surface area contributed by atoms with Gasteiger partial charge in [-0.3, -0.25) is 0 Å². The molecule has 0 aromatic heterocycles. The van der Waals surface area contributed by atoms with E-state index in [9.17, 15) is 0 Å². The zero-order valence-electron chi connectivity index (χ0n) is 11.7. The van der Waals surface area contributed by atoms with Gasteiger partial charge in [-0.2, -0.15) is 0 Å². The third-order valence-corrected chi connectivity index (χ3v) is 4.09. The van der Waals surface area contributed by atoms with Crippen LogP contribution in [-0.4, -0.2) is 14.2 Å². The number of methoxy groups -OCH3 is 1. The number of nitrogens with one attached hydrogen (secondary N) is 1. The summed E-state index contributed by atoms with van der Waals surface area (Å²) in [5.41, 5.74) is 2.80. The maximum absolute atomic E-state index is 6.08. The van der Waals surface area contributed by atoms with Crippen LogP contribution in [0.1, 0.15) is 43.7 Å². The Balaban J connectivity index is 2.14. The van der Waals surface area contributed by atoms with E-state index in [1.165, 1.54) is 31.2 Å². The third kappa shape index (κ3) is 3.74. The lowest BCUT2D eigenvalue weighted by Crippen LogP contribution is -2.17. The van der Waals surface area contributed by atoms with E-state index >= 15 is 0 Å². The number of hydrogen-bond acceptors (Lipinski definition) is 2. The highest BCUT2D eigenvalue weighted by molar-refractivity contribution is 6.32. The Hall–Kier alpha value is -0.990. The van der Waals surface area contributed by atoms with Gasteiger partial charge in [-0.15, -0.1) is 0 Å². The Morgan fingerprint density at radius 2 is 2.21 bits per heavy atom. The zero-order valence-corrected chi connectivity index (χ0v) is 12.5. The molecule has 104 valence electrons. The molecule has 1 aromatic rings. The van der Waals surface area contributed by atoms with Crippen molar-refractivity contribution >= 4 is 11.6 Å². The first-order valence-corrected chi connectivity index (χ1v) is 7.31. The number of halogens is 1. The number of hydrogen-bond donors (Lipinski definition) is 1. The zero-order chi connectivity index (χ0) is 13.7. The summed E-state index contributed by atoms with van der Waals surface area (Å²) < 4.78 is 5.30. The molecule has 0 saturated carbocycles. The lowest BCUT2D eigenvalue weighted by molar-refractivity contribution is 0.413. The first-order chi connectivity index (χ1) is 9.24. The lowest BCUT2D eigenvalue weighted by atomic mass is 9.91. The molecule has 2 rings (SSSR count). The predicted octanol–water partition coefficient (Wildman–Crippen LogP) is 4.50. The fourth-order valence-corrected chi connectivity index (χ4v) is 2.83. The summed E-state index contributed by atoms with van der Waals surface area (Å²) >= 11 is 6.08. The molecule has 0 bridgehead atoms. The Kier molecular flexibility index (Phi) is 5.29. The molecule has 0 aliphatic heterocycles. The molecule has 19 heavy (non-hydrogen) atoms. The van der Waals surface area contributed by atoms with Crippen molar-refractivity contribution in [2.24, 2.45) is 0 Å². The quantitative estimate of drug-likeness (QED) is 0.801. The summed E-state index contributed by atoms with van der Waals surface area (Å²) in [7, 11) is 3.66. The van der Waals surface area contributed by atoms with Crippen molar-refractivity contribution in [1.82, 2.24) is 5.32 Å². The van der Waals surface area contributed by atoms with E-state index in [0.717, 1.165) is 12.2 Å². The number of rotatable bonds is 5. The molecule has 0 heterocycles. The van der Waals surface area contributed by atoms with Crippen LogP contribution in [-0.2, 0) is 0 Å². The molecule has 3 heteroatoms. The van der Waals surface area contributed by atoms with Gasteiger partial charge >= 0.3 is 0 Å². The third-order valence-electron chi connectivity index (χ3n) is 3.78. The van der Waals surface area contributed by atoms with Gasteiger partial charge in [0, 0.05) is 6.04 Å². The molecule has 0 amide bonds. The van der Waals surface area contributed by atoms with Gasteiger partial charge in [0.05, 0.1) is 12.1 Å². The number of benzene rings is 1. The van der Waals surface area contributed by atoms with E-state index in [2.05, 4.69) is 17.5 Å². The molecule has 0 fully saturated rings. The van der Waals surface area contributed by atoms with Crippen LogP contribution < -0.4 is 10.1 Å². The van der Waals surface area contributed by atoms with Gasteiger partial charge in [-0.25, -0.2) is 0 Å². The van der Waals surface area contributed by atoms with Crippen LogP contribution in [0, 0.1) is 0 Å². The normalized spacial score (nSPS) is 16.9. The monoisotopic (exact) mass is 279 g/mol. The van der Waals surface area contributed by atoms with Crippen LogP contribution >= 0.6 is 11.6 Å². The molecule has 1 atom stereocenters. The van der Waals surface area contributed by atoms with Crippen LogP contribution in [0.25, 0.3) is 0 Å². The summed E-state index contributed by atoms with van der Waals surface area (Å²) in [6.07, 6.45) is 8.61. The molecule has 1 N–H and O–H groups in total. The Bertz CT molecular complexity index is 456. The highest BCUT2D eigenvalue weighted by Gasteiger charge is 2.15. The second-order valence-electron chi connectivity index (χ2n) is 5.05. The fraction of sp³-hybridized carbons (Fsp3) is 0.500. The van der Waals surface area contributed by atoms with Crippen LogP contribution in [0.2, 0.25) is 5.02 Å². The van der Waals surface area contributed by atoms with Gasteiger partial charge in [-0.1, -0.05) is 29.3 Å². The molecular weight excluding hydrogens is 258 g/mol. The van der Waals surface area contributed by atoms with Gasteiger partial charge in [-0.05, 0) is 56.8 Å². The van der Waals surface area contributed by atoms with Crippen LogP contribution in [0.5, 0.6) is 5.75 Å². The van der Waals surface area contributed by atoms with Crippen molar-refractivity contribution in [2.45, 2.75) is 38.1 Å². The smallest absolute Gasteiger partial charge is 0.137 e. The molecule has 1 unspecified atom stereocenters. The number of allylic oxidation sites excluding steroid dienone is 1. The summed E-state index contributed by atoms with van der Waals surface area (Å²) in [6.45, 7) is 0. The molecule has 1 aliphatic rings. The minimum absolute atomic E-state index is 0.329. The van der Waals surface area contributed by atoms with E-state index in [-0.39, 0.29) is 0 Å². The Morgan fingerprint density at radius 1 is 1.37 bits per heavy atom. The van der Waals surface area contributed by atoms with Crippen LogP contribution in [0.15, 0.2) is 29.8 Å². The standard InChI is InChI=1S/C16H22ClNO/c1-18-15(10-12-6-4-3-5-7-12)13-8-9-14(17)16(11-13)19-2/h6,8-9,11,15,18H,3-5,7,10H2,1-2H3. The highest BCUT2D eigenvalue weighted by atomic mass is 35.5. The maximum atomic E-state index is 6.08. The van der Waals surface area contributed by atoms with Crippen LogP contribution in [0.4, 0.5) is 0 Å². The molecule has 0 saturated heterocycles. The van der Waals surface area contributed by atoms with E-state index in [1.807, 2.05) is 19.2 Å². The molecule has 2 nitrogen and oxygen atoms in total. The molecule has 0 radical (unpaired) electrons. The molecular formula is C16H22ClNO. The van der Waals surface area contributed by atoms with E-state index in [0.29, 0.717) is 11.1 Å². The first kappa shape index (κ1) is 14.4. The lowest BCUT2D eigenvalue weighted by Gasteiger charge is -2.21. The van der Waals surface area contributed by atoms with E-state index in [1.54, 1.807) is 12.7 Å². The summed E-state index contributed by atoms with van der Waals surface area (Å²) in [5.74, 6) is 0.747. The predicted molar refractivity (Wildman–Crippen MR) is 81.0 cm³/mol. The van der Waals surface area contributed by atoms with Crippen LogP contribution in [0.3, 0.4) is 0 Å². The highest BCUT2D eigenvalue weighted by Crippen LogP contribution is 2.32. The van der Waals surface area contributed by atoms with Crippen molar-refractivity contribution in [3.63, 3.8) is 0 Å². The summed E-state index contributed by atoms with van der Waals surface area (Å²) in [6, 6.07) is 6.35. The number of ether oxygens (including phenoxy) is 1. The largest absolute Gasteiger partial charge is 0.495 e. The van der Waals surface area contributed by atoms with Crippen molar-refractivity contribution in [2.75, 3.05) is 14.2 Å². The maximum Gasteiger partial charge on any atom is 0.137 e. The van der Waals surface area contributed by atoms with Gasteiger partial charge in [0.15, 0.2) is 0 Å². The molecule has 0 spiro atoms. The van der Waals surface area contributed by atoms with Crippen molar-refractivity contribution in [3.8, 4) is 5.75 Å². The molecule has 1 aromatic carbocycles. The van der Waals surface area contributed by atoms with E-state index < -0.39 is 0 Å². The van der Waals surface area contributed by atoms with Crippen molar-refractivity contribution in [3.05, 3.63) is 40.4 Å². The fourth-order valence-electron chi connectivity index (χ4n) is 2.63. The summed E-state index contributed by atoms with van der Waals surface area (Å²) in [4.78, 5) is 0. The average Bonchev–Trinajstić information content (AvgIpc) is 2.46. The topological polar surface area (TPSA) is 21.3 Å². The minimum Gasteiger partial charge on any atom is -0.495 e. The van der Waals surface area contributed by atoms with Crippen molar-refractivity contribution < 1.29 is 4.74 Å². The molecule has 1 aliphatic carbocycles. The van der Waals surface area contributed by atoms with Gasteiger partial charge in [0.25, 0.3) is 0 Å². The second kappa shape index (κ2) is 6.97. The minimum atomic E-state index is 0.329. The van der Waals surface area contributed by atoms with Crippen molar-refractivity contribution in [1.29, 1.82) is 0 Å². The Labute approximate surface area is 120 Å². The Morgan fingerprint density at radius 3 is 2.84 bits per heavy atom. The van der Waals surface area contributed by atoms with Gasteiger partial charge in [0.1, 0.15) is 5.75 Å². The first-order valence-electron chi connectivity index (χ1n) is 6.93. The van der Waals surface area contributed by atoms with Gasteiger partial charge in [0.2, 0.25) is 0 Å². The second-order valence-corrected chi connectivity index (χ2v) is 5.45. The SMILES string of the molecule is CNC(CC1=CCCCC1)c1ccc(Cl)c(OC)c1.